The molecule has 1 N–H and O–H groups in total. The van der Waals surface area contributed by atoms with E-state index in [-0.39, 0.29) is 5.54 Å². The Kier molecular flexibility index (Phi) is 3.70. The lowest BCUT2D eigenvalue weighted by Gasteiger charge is -2.23. The molecule has 1 nitrogen and oxygen atoms in total. The van der Waals surface area contributed by atoms with Crippen molar-refractivity contribution in [2.24, 2.45) is 0 Å². The Hall–Kier alpha value is -0.820. The Morgan fingerprint density at radius 2 is 2.00 bits per heavy atom. The van der Waals surface area contributed by atoms with Crippen molar-refractivity contribution in [2.45, 2.75) is 39.2 Å². The van der Waals surface area contributed by atoms with E-state index in [1.807, 2.05) is 7.05 Å². The molecule has 0 unspecified atom stereocenters. The van der Waals surface area contributed by atoms with Crippen molar-refractivity contribution in [1.82, 2.24) is 5.32 Å². The van der Waals surface area contributed by atoms with Crippen molar-refractivity contribution in [3.05, 3.63) is 35.4 Å². The molecule has 0 aliphatic carbocycles. The van der Waals surface area contributed by atoms with E-state index in [9.17, 15) is 0 Å². The second-order valence-corrected chi connectivity index (χ2v) is 4.62. The third kappa shape index (κ3) is 3.51. The minimum atomic E-state index is 0.240. The smallest absolute Gasteiger partial charge is 0.0125 e. The summed E-state index contributed by atoms with van der Waals surface area (Å²) >= 11 is 0. The number of hydrogen-bond acceptors (Lipinski definition) is 1. The summed E-state index contributed by atoms with van der Waals surface area (Å²) in [5, 5.41) is 3.33. The molecule has 14 heavy (non-hydrogen) atoms. The minimum absolute atomic E-state index is 0.240. The first-order chi connectivity index (χ1) is 6.53. The lowest BCUT2D eigenvalue weighted by atomic mass is 9.95. The molecule has 0 radical (unpaired) electrons. The Morgan fingerprint density at radius 1 is 1.29 bits per heavy atom. The van der Waals surface area contributed by atoms with E-state index in [4.69, 9.17) is 0 Å². The zero-order valence-corrected chi connectivity index (χ0v) is 9.72. The van der Waals surface area contributed by atoms with Crippen LogP contribution in [0.4, 0.5) is 0 Å². The molecule has 78 valence electrons. The summed E-state index contributed by atoms with van der Waals surface area (Å²) in [5.74, 6) is 0. The molecule has 0 atom stereocenters. The summed E-state index contributed by atoms with van der Waals surface area (Å²) < 4.78 is 0. The number of hydrogen-bond donors (Lipinski definition) is 1. The normalized spacial score (nSPS) is 11.7. The molecular formula is C13H21N. The highest BCUT2D eigenvalue weighted by molar-refractivity contribution is 5.22. The second kappa shape index (κ2) is 4.61. The quantitative estimate of drug-likeness (QED) is 0.771. The first-order valence-electron chi connectivity index (χ1n) is 5.28. The van der Waals surface area contributed by atoms with Crippen LogP contribution in [0.25, 0.3) is 0 Å². The van der Waals surface area contributed by atoms with Gasteiger partial charge in [-0.2, -0.15) is 0 Å². The molecule has 0 aliphatic rings. The fraction of sp³-hybridized carbons (Fsp3) is 0.538. The summed E-state index contributed by atoms with van der Waals surface area (Å²) in [7, 11) is 2.02. The Morgan fingerprint density at radius 3 is 2.57 bits per heavy atom. The lowest BCUT2D eigenvalue weighted by Crippen LogP contribution is -2.36. The van der Waals surface area contributed by atoms with Gasteiger partial charge in [-0.25, -0.2) is 0 Å². The molecule has 0 spiro atoms. The molecular weight excluding hydrogens is 170 g/mol. The molecule has 0 amide bonds. The highest BCUT2D eigenvalue weighted by Gasteiger charge is 2.13. The van der Waals surface area contributed by atoms with E-state index in [1.54, 1.807) is 0 Å². The summed E-state index contributed by atoms with van der Waals surface area (Å²) in [5.41, 5.74) is 3.03. The van der Waals surface area contributed by atoms with Crippen molar-refractivity contribution in [2.75, 3.05) is 7.05 Å². The Labute approximate surface area is 87.5 Å². The van der Waals surface area contributed by atoms with E-state index in [1.165, 1.54) is 17.5 Å². The zero-order valence-electron chi connectivity index (χ0n) is 9.72. The highest BCUT2D eigenvalue weighted by atomic mass is 14.9. The van der Waals surface area contributed by atoms with Crippen molar-refractivity contribution in [3.8, 4) is 0 Å². The molecule has 1 rings (SSSR count). The maximum Gasteiger partial charge on any atom is 0.0125 e. The number of aryl methyl sites for hydroxylation is 2. The molecule has 0 fully saturated rings. The fourth-order valence-corrected chi connectivity index (χ4v) is 1.45. The summed E-state index contributed by atoms with van der Waals surface area (Å²) in [4.78, 5) is 0. The Balaban J connectivity index is 2.54. The van der Waals surface area contributed by atoms with Crippen LogP contribution in [-0.2, 0) is 6.42 Å². The molecule has 1 aromatic rings. The van der Waals surface area contributed by atoms with Gasteiger partial charge in [-0.1, -0.05) is 29.8 Å². The van der Waals surface area contributed by atoms with Gasteiger partial charge >= 0.3 is 0 Å². The van der Waals surface area contributed by atoms with E-state index in [0.29, 0.717) is 0 Å². The molecule has 0 heterocycles. The Bertz CT molecular complexity index is 289. The minimum Gasteiger partial charge on any atom is -0.315 e. The molecule has 1 aromatic carbocycles. The van der Waals surface area contributed by atoms with Crippen molar-refractivity contribution >= 4 is 0 Å². The van der Waals surface area contributed by atoms with Gasteiger partial charge in [0, 0.05) is 5.54 Å². The number of nitrogens with one attached hydrogen (secondary N) is 1. The van der Waals surface area contributed by atoms with Crippen molar-refractivity contribution in [1.29, 1.82) is 0 Å². The average Bonchev–Trinajstić information content (AvgIpc) is 2.15. The summed E-state index contributed by atoms with van der Waals surface area (Å²) in [6.45, 7) is 6.62. The lowest BCUT2D eigenvalue weighted by molar-refractivity contribution is 0.393. The molecule has 0 saturated heterocycles. The summed E-state index contributed by atoms with van der Waals surface area (Å²) in [6.07, 6.45) is 2.32. The first-order valence-corrected chi connectivity index (χ1v) is 5.28. The van der Waals surface area contributed by atoms with Gasteiger partial charge in [-0.05, 0) is 46.2 Å². The van der Waals surface area contributed by atoms with Crippen LogP contribution in [0, 0.1) is 6.92 Å². The molecule has 0 bridgehead atoms. The highest BCUT2D eigenvalue weighted by Crippen LogP contribution is 2.13. The second-order valence-electron chi connectivity index (χ2n) is 4.62. The van der Waals surface area contributed by atoms with Gasteiger partial charge in [0.2, 0.25) is 0 Å². The topological polar surface area (TPSA) is 12.0 Å². The fourth-order valence-electron chi connectivity index (χ4n) is 1.45. The monoisotopic (exact) mass is 191 g/mol. The predicted octanol–water partition coefficient (Wildman–Crippen LogP) is 2.93. The van der Waals surface area contributed by atoms with Crippen LogP contribution in [0.2, 0.25) is 0 Å². The maximum atomic E-state index is 3.33. The molecule has 1 heteroatoms. The van der Waals surface area contributed by atoms with Gasteiger partial charge in [0.15, 0.2) is 0 Å². The van der Waals surface area contributed by atoms with Gasteiger partial charge in [0.25, 0.3) is 0 Å². The van der Waals surface area contributed by atoms with E-state index < -0.39 is 0 Å². The number of rotatable bonds is 4. The standard InChI is InChI=1S/C13H21N/c1-11-6-5-7-12(10-11)8-9-13(2,3)14-4/h5-7,10,14H,8-9H2,1-4H3. The van der Waals surface area contributed by atoms with Crippen molar-refractivity contribution in [3.63, 3.8) is 0 Å². The number of benzene rings is 1. The maximum absolute atomic E-state index is 3.33. The van der Waals surface area contributed by atoms with Crippen LogP contribution in [-0.4, -0.2) is 12.6 Å². The van der Waals surface area contributed by atoms with Crippen LogP contribution >= 0.6 is 0 Å². The van der Waals surface area contributed by atoms with Gasteiger partial charge in [-0.15, -0.1) is 0 Å². The third-order valence-corrected chi connectivity index (χ3v) is 2.80. The van der Waals surface area contributed by atoms with E-state index >= 15 is 0 Å². The third-order valence-electron chi connectivity index (χ3n) is 2.80. The largest absolute Gasteiger partial charge is 0.315 e. The summed E-state index contributed by atoms with van der Waals surface area (Å²) in [6, 6.07) is 8.76. The molecule has 0 aromatic heterocycles. The zero-order chi connectivity index (χ0) is 10.6. The van der Waals surface area contributed by atoms with Gasteiger partial charge in [0.05, 0.1) is 0 Å². The molecule has 0 saturated carbocycles. The van der Waals surface area contributed by atoms with E-state index in [2.05, 4.69) is 50.4 Å². The SMILES string of the molecule is CNC(C)(C)CCc1cccc(C)c1. The predicted molar refractivity (Wildman–Crippen MR) is 62.6 cm³/mol. The van der Waals surface area contributed by atoms with Crippen LogP contribution < -0.4 is 5.32 Å². The van der Waals surface area contributed by atoms with Crippen LogP contribution in [0.5, 0.6) is 0 Å². The van der Waals surface area contributed by atoms with Crippen LogP contribution in [0.3, 0.4) is 0 Å². The molecule has 0 aliphatic heterocycles. The van der Waals surface area contributed by atoms with Crippen molar-refractivity contribution < 1.29 is 0 Å². The van der Waals surface area contributed by atoms with Gasteiger partial charge < -0.3 is 5.32 Å². The van der Waals surface area contributed by atoms with Gasteiger partial charge in [0.1, 0.15) is 0 Å². The average molecular weight is 191 g/mol. The first kappa shape index (κ1) is 11.3. The van der Waals surface area contributed by atoms with Crippen LogP contribution in [0.1, 0.15) is 31.4 Å². The van der Waals surface area contributed by atoms with Crippen LogP contribution in [0.15, 0.2) is 24.3 Å². The van der Waals surface area contributed by atoms with Gasteiger partial charge in [-0.3, -0.25) is 0 Å². The van der Waals surface area contributed by atoms with E-state index in [0.717, 1.165) is 6.42 Å².